The number of carbonyl (C=O) groups is 1. The standard InChI is InChI=1S/C21H24Cl2N2O3S2/c1-15-4-7-18(30(27,28)25-9-2-3-10-25)13-19(15)21(26)24-8-11-29-14-16-5-6-17(22)12-20(16)23/h4-7,12-13H,2-3,8-11,14H2,1H3,(H,24,26). The maximum atomic E-state index is 12.8. The van der Waals surface area contributed by atoms with Crippen molar-refractivity contribution in [3.05, 3.63) is 63.1 Å². The summed E-state index contributed by atoms with van der Waals surface area (Å²) >= 11 is 13.7. The van der Waals surface area contributed by atoms with Crippen LogP contribution >= 0.6 is 35.0 Å². The lowest BCUT2D eigenvalue weighted by molar-refractivity contribution is 0.0955. The third-order valence-corrected chi connectivity index (χ3v) is 8.45. The number of aryl methyl sites for hydroxylation is 1. The molecule has 1 saturated heterocycles. The Morgan fingerprint density at radius 3 is 2.57 bits per heavy atom. The number of thioether (sulfide) groups is 1. The van der Waals surface area contributed by atoms with Crippen LogP contribution < -0.4 is 5.32 Å². The SMILES string of the molecule is Cc1ccc(S(=O)(=O)N2CCCC2)cc1C(=O)NCCSCc1ccc(Cl)cc1Cl. The summed E-state index contributed by atoms with van der Waals surface area (Å²) in [6.45, 7) is 3.34. The summed E-state index contributed by atoms with van der Waals surface area (Å²) in [5.41, 5.74) is 2.13. The molecule has 2 aromatic carbocycles. The molecule has 0 bridgehead atoms. The van der Waals surface area contributed by atoms with E-state index < -0.39 is 10.0 Å². The third kappa shape index (κ3) is 5.71. The second kappa shape index (κ2) is 10.4. The molecule has 1 fully saturated rings. The van der Waals surface area contributed by atoms with Crippen LogP contribution in [-0.2, 0) is 15.8 Å². The molecule has 1 aliphatic heterocycles. The molecule has 1 heterocycles. The van der Waals surface area contributed by atoms with E-state index in [1.165, 1.54) is 10.4 Å². The number of rotatable bonds is 8. The largest absolute Gasteiger partial charge is 0.351 e. The molecule has 1 aliphatic rings. The Hall–Kier alpha value is -1.25. The highest BCUT2D eigenvalue weighted by Crippen LogP contribution is 2.25. The first-order valence-corrected chi connectivity index (χ1v) is 13.0. The molecule has 9 heteroatoms. The number of nitrogens with one attached hydrogen (secondary N) is 1. The van der Waals surface area contributed by atoms with Gasteiger partial charge in [0.2, 0.25) is 10.0 Å². The van der Waals surface area contributed by atoms with Gasteiger partial charge in [-0.15, -0.1) is 0 Å². The molecule has 1 amide bonds. The van der Waals surface area contributed by atoms with Crippen molar-refractivity contribution in [3.8, 4) is 0 Å². The van der Waals surface area contributed by atoms with Crippen LogP contribution in [0, 0.1) is 6.92 Å². The second-order valence-electron chi connectivity index (χ2n) is 7.13. The molecule has 162 valence electrons. The molecule has 0 saturated carbocycles. The lowest BCUT2D eigenvalue weighted by Gasteiger charge is -2.17. The molecule has 30 heavy (non-hydrogen) atoms. The zero-order chi connectivity index (χ0) is 21.7. The lowest BCUT2D eigenvalue weighted by Crippen LogP contribution is -2.29. The summed E-state index contributed by atoms with van der Waals surface area (Å²) in [7, 11) is -3.55. The Morgan fingerprint density at radius 1 is 1.13 bits per heavy atom. The van der Waals surface area contributed by atoms with Gasteiger partial charge in [0.15, 0.2) is 0 Å². The summed E-state index contributed by atoms with van der Waals surface area (Å²) in [6, 6.07) is 10.2. The predicted molar refractivity (Wildman–Crippen MR) is 124 cm³/mol. The van der Waals surface area contributed by atoms with Gasteiger partial charge < -0.3 is 5.32 Å². The van der Waals surface area contributed by atoms with Crippen molar-refractivity contribution in [2.24, 2.45) is 0 Å². The van der Waals surface area contributed by atoms with Gasteiger partial charge in [-0.3, -0.25) is 4.79 Å². The Labute approximate surface area is 192 Å². The Kier molecular flexibility index (Phi) is 8.10. The van der Waals surface area contributed by atoms with Gasteiger partial charge in [0.25, 0.3) is 5.91 Å². The Morgan fingerprint density at radius 2 is 1.87 bits per heavy atom. The fourth-order valence-electron chi connectivity index (χ4n) is 3.24. The maximum Gasteiger partial charge on any atom is 0.251 e. The van der Waals surface area contributed by atoms with Crippen molar-refractivity contribution < 1.29 is 13.2 Å². The van der Waals surface area contributed by atoms with Gasteiger partial charge >= 0.3 is 0 Å². The summed E-state index contributed by atoms with van der Waals surface area (Å²) in [4.78, 5) is 12.8. The zero-order valence-electron chi connectivity index (χ0n) is 16.7. The number of nitrogens with zero attached hydrogens (tertiary/aromatic N) is 1. The summed E-state index contributed by atoms with van der Waals surface area (Å²) < 4.78 is 27.0. The third-order valence-electron chi connectivity index (χ3n) is 4.96. The minimum atomic E-state index is -3.55. The van der Waals surface area contributed by atoms with Crippen LogP contribution in [0.15, 0.2) is 41.3 Å². The first kappa shape index (κ1) is 23.4. The van der Waals surface area contributed by atoms with Crippen LogP contribution in [0.2, 0.25) is 10.0 Å². The molecule has 3 rings (SSSR count). The number of carbonyl (C=O) groups excluding carboxylic acids is 1. The maximum absolute atomic E-state index is 12.8. The van der Waals surface area contributed by atoms with Gasteiger partial charge in [-0.2, -0.15) is 16.1 Å². The Bertz CT molecular complexity index is 1020. The molecule has 0 spiro atoms. The number of hydrogen-bond donors (Lipinski definition) is 1. The fourth-order valence-corrected chi connectivity index (χ4v) is 6.20. The molecule has 0 unspecified atom stereocenters. The van der Waals surface area contributed by atoms with Gasteiger partial charge in [-0.25, -0.2) is 8.42 Å². The van der Waals surface area contributed by atoms with Crippen molar-refractivity contribution >= 4 is 50.9 Å². The fraction of sp³-hybridized carbons (Fsp3) is 0.381. The van der Waals surface area contributed by atoms with Crippen molar-refractivity contribution in [2.75, 3.05) is 25.4 Å². The first-order chi connectivity index (χ1) is 14.3. The van der Waals surface area contributed by atoms with Gasteiger partial charge in [0, 0.05) is 46.7 Å². The minimum Gasteiger partial charge on any atom is -0.351 e. The molecular weight excluding hydrogens is 463 g/mol. The number of hydrogen-bond acceptors (Lipinski definition) is 4. The molecular formula is C21H24Cl2N2O3S2. The van der Waals surface area contributed by atoms with E-state index in [0.29, 0.717) is 46.7 Å². The summed E-state index contributed by atoms with van der Waals surface area (Å²) in [5, 5.41) is 4.11. The van der Waals surface area contributed by atoms with E-state index >= 15 is 0 Å². The van der Waals surface area contributed by atoms with Gasteiger partial charge in [-0.05, 0) is 55.2 Å². The molecule has 2 aromatic rings. The molecule has 5 nitrogen and oxygen atoms in total. The monoisotopic (exact) mass is 486 g/mol. The van der Waals surface area contributed by atoms with Crippen LogP contribution in [0.4, 0.5) is 0 Å². The van der Waals surface area contributed by atoms with Crippen LogP contribution in [0.25, 0.3) is 0 Å². The van der Waals surface area contributed by atoms with E-state index in [2.05, 4.69) is 5.32 Å². The number of sulfonamides is 1. The van der Waals surface area contributed by atoms with Gasteiger partial charge in [0.1, 0.15) is 0 Å². The summed E-state index contributed by atoms with van der Waals surface area (Å²) in [6.07, 6.45) is 1.74. The highest BCUT2D eigenvalue weighted by molar-refractivity contribution is 7.98. The quantitative estimate of drug-likeness (QED) is 0.546. The van der Waals surface area contributed by atoms with Crippen LogP contribution in [0.1, 0.15) is 34.3 Å². The highest BCUT2D eigenvalue weighted by Gasteiger charge is 2.28. The summed E-state index contributed by atoms with van der Waals surface area (Å²) in [5.74, 6) is 1.15. The van der Waals surface area contributed by atoms with Crippen LogP contribution in [0.5, 0.6) is 0 Å². The average Bonchev–Trinajstić information content (AvgIpc) is 3.25. The van der Waals surface area contributed by atoms with Gasteiger partial charge in [-0.1, -0.05) is 35.3 Å². The smallest absolute Gasteiger partial charge is 0.251 e. The predicted octanol–water partition coefficient (Wildman–Crippen LogP) is 4.75. The van der Waals surface area contributed by atoms with Crippen molar-refractivity contribution in [2.45, 2.75) is 30.4 Å². The van der Waals surface area contributed by atoms with E-state index in [4.69, 9.17) is 23.2 Å². The van der Waals surface area contributed by atoms with Crippen molar-refractivity contribution in [1.82, 2.24) is 9.62 Å². The van der Waals surface area contributed by atoms with E-state index in [9.17, 15) is 13.2 Å². The number of amides is 1. The van der Waals surface area contributed by atoms with E-state index in [1.807, 2.05) is 6.07 Å². The van der Waals surface area contributed by atoms with Crippen molar-refractivity contribution in [1.29, 1.82) is 0 Å². The topological polar surface area (TPSA) is 66.5 Å². The van der Waals surface area contributed by atoms with Gasteiger partial charge in [0.05, 0.1) is 4.90 Å². The van der Waals surface area contributed by atoms with E-state index in [-0.39, 0.29) is 10.8 Å². The van der Waals surface area contributed by atoms with E-state index in [0.717, 1.165) is 24.0 Å². The number of benzene rings is 2. The van der Waals surface area contributed by atoms with Crippen LogP contribution in [-0.4, -0.2) is 44.0 Å². The number of halogens is 2. The van der Waals surface area contributed by atoms with Crippen molar-refractivity contribution in [3.63, 3.8) is 0 Å². The molecule has 1 N–H and O–H groups in total. The molecule has 0 aliphatic carbocycles. The lowest BCUT2D eigenvalue weighted by atomic mass is 10.1. The van der Waals surface area contributed by atoms with Crippen LogP contribution in [0.3, 0.4) is 0 Å². The molecule has 0 aromatic heterocycles. The van der Waals surface area contributed by atoms with E-state index in [1.54, 1.807) is 43.0 Å². The second-order valence-corrected chi connectivity index (χ2v) is 11.0. The molecule has 0 radical (unpaired) electrons. The normalized spacial score (nSPS) is 14.8. The zero-order valence-corrected chi connectivity index (χ0v) is 19.8. The Balaban J connectivity index is 1.56. The average molecular weight is 487 g/mol. The highest BCUT2D eigenvalue weighted by atomic mass is 35.5. The first-order valence-electron chi connectivity index (χ1n) is 9.70. The minimum absolute atomic E-state index is 0.173. The molecule has 0 atom stereocenters.